The molecule has 2 N–H and O–H groups in total. The van der Waals surface area contributed by atoms with Gasteiger partial charge < -0.3 is 10.4 Å². The molecule has 2 rings (SSSR count). The molecule has 0 aromatic heterocycles. The van der Waals surface area contributed by atoms with Crippen molar-refractivity contribution in [3.05, 3.63) is 0 Å². The number of nitrogens with one attached hydrogen (secondary N) is 1. The van der Waals surface area contributed by atoms with Crippen molar-refractivity contribution in [1.29, 1.82) is 0 Å². The molecule has 0 spiro atoms. The van der Waals surface area contributed by atoms with Gasteiger partial charge in [-0.2, -0.15) is 0 Å². The van der Waals surface area contributed by atoms with Gasteiger partial charge in [-0.3, -0.25) is 9.59 Å². The fourth-order valence-electron chi connectivity index (χ4n) is 4.36. The molecular formula is C20H35NO3. The molecule has 0 heterocycles. The maximum atomic E-state index is 12.7. The lowest BCUT2D eigenvalue weighted by Gasteiger charge is -2.29. The number of carbonyl (C=O) groups is 2. The monoisotopic (exact) mass is 337 g/mol. The molecule has 4 nitrogen and oxygen atoms in total. The summed E-state index contributed by atoms with van der Waals surface area (Å²) < 4.78 is 0. The van der Waals surface area contributed by atoms with Crippen molar-refractivity contribution < 1.29 is 14.7 Å². The molecule has 0 radical (unpaired) electrons. The number of hydrogen-bond acceptors (Lipinski definition) is 2. The SMILES string of the molecule is O=C(O)[C@H]1CCCC[C@H]1C(=O)NC1CCCCCCCCCCC1. The average Bonchev–Trinajstić information content (AvgIpc) is 2.57. The Kier molecular flexibility index (Phi) is 8.62. The van der Waals surface area contributed by atoms with Gasteiger partial charge in [0.2, 0.25) is 5.91 Å². The highest BCUT2D eigenvalue weighted by Crippen LogP contribution is 2.31. The Morgan fingerprint density at radius 1 is 0.625 bits per heavy atom. The van der Waals surface area contributed by atoms with Crippen LogP contribution in [0.1, 0.15) is 96.3 Å². The van der Waals surface area contributed by atoms with Gasteiger partial charge in [-0.25, -0.2) is 0 Å². The van der Waals surface area contributed by atoms with Gasteiger partial charge in [0.25, 0.3) is 0 Å². The van der Waals surface area contributed by atoms with E-state index in [1.807, 2.05) is 0 Å². The molecule has 2 atom stereocenters. The van der Waals surface area contributed by atoms with Gasteiger partial charge in [-0.1, -0.05) is 70.6 Å². The van der Waals surface area contributed by atoms with Crippen LogP contribution in [-0.4, -0.2) is 23.0 Å². The smallest absolute Gasteiger partial charge is 0.307 e. The van der Waals surface area contributed by atoms with Crippen molar-refractivity contribution in [2.24, 2.45) is 11.8 Å². The first-order valence-corrected chi connectivity index (χ1v) is 10.2. The number of rotatable bonds is 3. The van der Waals surface area contributed by atoms with Crippen LogP contribution in [0.25, 0.3) is 0 Å². The fourth-order valence-corrected chi connectivity index (χ4v) is 4.36. The molecule has 2 aliphatic carbocycles. The first kappa shape index (κ1) is 19.3. The number of amides is 1. The van der Waals surface area contributed by atoms with Gasteiger partial charge in [0.1, 0.15) is 0 Å². The molecule has 0 aliphatic heterocycles. The molecule has 0 saturated heterocycles. The Labute approximate surface area is 146 Å². The molecule has 24 heavy (non-hydrogen) atoms. The van der Waals surface area contributed by atoms with Crippen molar-refractivity contribution in [2.75, 3.05) is 0 Å². The summed E-state index contributed by atoms with van der Waals surface area (Å²) in [6.45, 7) is 0. The summed E-state index contributed by atoms with van der Waals surface area (Å²) in [6, 6.07) is 0.244. The van der Waals surface area contributed by atoms with E-state index in [1.165, 1.54) is 57.8 Å². The summed E-state index contributed by atoms with van der Waals surface area (Å²) in [5, 5.41) is 12.6. The zero-order valence-electron chi connectivity index (χ0n) is 15.1. The van der Waals surface area contributed by atoms with E-state index < -0.39 is 11.9 Å². The standard InChI is InChI=1S/C20H35NO3/c22-19(17-14-10-11-15-18(17)20(23)24)21-16-12-8-6-4-2-1-3-5-7-9-13-16/h16-18H,1-15H2,(H,21,22)(H,23,24)/t17-,18+/m1/s1. The van der Waals surface area contributed by atoms with Crippen LogP contribution < -0.4 is 5.32 Å². The summed E-state index contributed by atoms with van der Waals surface area (Å²) >= 11 is 0. The first-order chi connectivity index (χ1) is 11.7. The molecule has 0 aromatic rings. The van der Waals surface area contributed by atoms with Gasteiger partial charge in [-0.05, 0) is 25.7 Å². The van der Waals surface area contributed by atoms with E-state index in [2.05, 4.69) is 5.32 Å². The van der Waals surface area contributed by atoms with Crippen molar-refractivity contribution in [3.63, 3.8) is 0 Å². The Bertz CT molecular complexity index is 384. The van der Waals surface area contributed by atoms with Crippen LogP contribution in [0.15, 0.2) is 0 Å². The Hall–Kier alpha value is -1.06. The van der Waals surface area contributed by atoms with Crippen LogP contribution >= 0.6 is 0 Å². The van der Waals surface area contributed by atoms with Crippen molar-refractivity contribution >= 4 is 11.9 Å². The maximum absolute atomic E-state index is 12.7. The average molecular weight is 338 g/mol. The van der Waals surface area contributed by atoms with Gasteiger partial charge >= 0.3 is 5.97 Å². The van der Waals surface area contributed by atoms with Crippen molar-refractivity contribution in [2.45, 2.75) is 102 Å². The third-order valence-corrected chi connectivity index (χ3v) is 5.87. The predicted octanol–water partition coefficient (Wildman–Crippen LogP) is 4.67. The van der Waals surface area contributed by atoms with Crippen LogP contribution in [0.4, 0.5) is 0 Å². The second kappa shape index (κ2) is 10.7. The highest BCUT2D eigenvalue weighted by atomic mass is 16.4. The Morgan fingerprint density at radius 3 is 1.54 bits per heavy atom. The molecule has 2 fully saturated rings. The first-order valence-electron chi connectivity index (χ1n) is 10.2. The lowest BCUT2D eigenvalue weighted by atomic mass is 9.78. The maximum Gasteiger partial charge on any atom is 0.307 e. The number of aliphatic carboxylic acids is 1. The van der Waals surface area contributed by atoms with E-state index in [1.54, 1.807) is 0 Å². The largest absolute Gasteiger partial charge is 0.481 e. The van der Waals surface area contributed by atoms with Crippen LogP contribution in [0.2, 0.25) is 0 Å². The van der Waals surface area contributed by atoms with E-state index in [4.69, 9.17) is 0 Å². The molecule has 0 aromatic carbocycles. The molecule has 1 amide bonds. The van der Waals surface area contributed by atoms with E-state index in [9.17, 15) is 14.7 Å². The summed E-state index contributed by atoms with van der Waals surface area (Å²) in [4.78, 5) is 24.1. The molecule has 138 valence electrons. The summed E-state index contributed by atoms with van der Waals surface area (Å²) in [7, 11) is 0. The molecule has 4 heteroatoms. The quantitative estimate of drug-likeness (QED) is 0.786. The minimum absolute atomic E-state index is 0.000746. The van der Waals surface area contributed by atoms with Crippen molar-refractivity contribution in [1.82, 2.24) is 5.32 Å². The van der Waals surface area contributed by atoms with Crippen LogP contribution in [-0.2, 0) is 9.59 Å². The number of hydrogen-bond donors (Lipinski definition) is 2. The minimum atomic E-state index is -0.798. The second-order valence-electron chi connectivity index (χ2n) is 7.80. The molecule has 0 unspecified atom stereocenters. The minimum Gasteiger partial charge on any atom is -0.481 e. The number of carbonyl (C=O) groups excluding carboxylic acids is 1. The third-order valence-electron chi connectivity index (χ3n) is 5.87. The van der Waals surface area contributed by atoms with Gasteiger partial charge in [0, 0.05) is 6.04 Å². The van der Waals surface area contributed by atoms with Gasteiger partial charge in [-0.15, -0.1) is 0 Å². The summed E-state index contributed by atoms with van der Waals surface area (Å²) in [5.74, 6) is -1.60. The van der Waals surface area contributed by atoms with E-state index >= 15 is 0 Å². The molecule has 2 aliphatic rings. The predicted molar refractivity (Wildman–Crippen MR) is 95.8 cm³/mol. The highest BCUT2D eigenvalue weighted by Gasteiger charge is 2.36. The molecule has 2 saturated carbocycles. The fraction of sp³-hybridized carbons (Fsp3) is 0.900. The summed E-state index contributed by atoms with van der Waals surface area (Å²) in [6.07, 6.45) is 17.0. The van der Waals surface area contributed by atoms with Crippen molar-refractivity contribution in [3.8, 4) is 0 Å². The number of carboxylic acid groups (broad SMARTS) is 1. The second-order valence-corrected chi connectivity index (χ2v) is 7.80. The number of carboxylic acids is 1. The zero-order valence-corrected chi connectivity index (χ0v) is 15.1. The lowest BCUT2D eigenvalue weighted by Crippen LogP contribution is -2.44. The van der Waals surface area contributed by atoms with E-state index in [0.29, 0.717) is 6.42 Å². The Balaban J connectivity index is 1.87. The van der Waals surface area contributed by atoms with E-state index in [-0.39, 0.29) is 17.9 Å². The third kappa shape index (κ3) is 6.45. The lowest BCUT2D eigenvalue weighted by molar-refractivity contribution is -0.149. The van der Waals surface area contributed by atoms with Crippen LogP contribution in [0.5, 0.6) is 0 Å². The van der Waals surface area contributed by atoms with E-state index in [0.717, 1.165) is 32.1 Å². The van der Waals surface area contributed by atoms with Gasteiger partial charge in [0.15, 0.2) is 0 Å². The molecular weight excluding hydrogens is 302 g/mol. The van der Waals surface area contributed by atoms with Crippen LogP contribution in [0, 0.1) is 11.8 Å². The highest BCUT2D eigenvalue weighted by molar-refractivity contribution is 5.85. The Morgan fingerprint density at radius 2 is 1.04 bits per heavy atom. The zero-order chi connectivity index (χ0) is 17.2. The summed E-state index contributed by atoms with van der Waals surface area (Å²) in [5.41, 5.74) is 0. The van der Waals surface area contributed by atoms with Crippen LogP contribution in [0.3, 0.4) is 0 Å². The molecule has 0 bridgehead atoms. The van der Waals surface area contributed by atoms with Gasteiger partial charge in [0.05, 0.1) is 11.8 Å². The normalized spacial score (nSPS) is 28.3. The topological polar surface area (TPSA) is 66.4 Å².